The first-order chi connectivity index (χ1) is 14.5. The Kier molecular flexibility index (Phi) is 10.3. The maximum atomic E-state index is 12.8. The Bertz CT molecular complexity index is 808. The number of hydrogen-bond donors (Lipinski definition) is 2. The molecule has 0 saturated carbocycles. The lowest BCUT2D eigenvalue weighted by molar-refractivity contribution is -0.116. The highest BCUT2D eigenvalue weighted by Gasteiger charge is 2.18. The normalized spacial score (nSPS) is 11.6. The van der Waals surface area contributed by atoms with Gasteiger partial charge in [0.1, 0.15) is 5.75 Å². The molecule has 0 aliphatic heterocycles. The molecule has 2 rings (SSSR count). The molecular weight excluding hydrogens is 396 g/mol. The molecular formula is C24H32N2O3S. The number of carbonyl (C=O) groups excluding carboxylic acids is 2. The number of thioether (sulfide) groups is 1. The van der Waals surface area contributed by atoms with Gasteiger partial charge in [0.2, 0.25) is 11.8 Å². The third kappa shape index (κ3) is 8.11. The first kappa shape index (κ1) is 23.8. The monoisotopic (exact) mass is 428 g/mol. The van der Waals surface area contributed by atoms with E-state index in [4.69, 9.17) is 4.74 Å². The molecule has 0 bridgehead atoms. The summed E-state index contributed by atoms with van der Waals surface area (Å²) in [6.07, 6.45) is 4.13. The molecule has 0 aliphatic carbocycles. The lowest BCUT2D eigenvalue weighted by Gasteiger charge is -2.16. The SMILES string of the molecule is CCCCOc1ccc(NC(=O)C(CC)Sc2cccc(NC(=O)CCC)c2)cc1. The second-order valence-electron chi connectivity index (χ2n) is 7.06. The minimum absolute atomic E-state index is 0.00607. The van der Waals surface area contributed by atoms with Crippen LogP contribution in [0.15, 0.2) is 53.4 Å². The zero-order chi connectivity index (χ0) is 21.8. The highest BCUT2D eigenvalue weighted by Crippen LogP contribution is 2.29. The van der Waals surface area contributed by atoms with Crippen LogP contribution in [0.2, 0.25) is 0 Å². The van der Waals surface area contributed by atoms with E-state index in [9.17, 15) is 9.59 Å². The second kappa shape index (κ2) is 13.0. The Morgan fingerprint density at radius 1 is 0.967 bits per heavy atom. The Balaban J connectivity index is 1.94. The predicted molar refractivity (Wildman–Crippen MR) is 125 cm³/mol. The van der Waals surface area contributed by atoms with E-state index in [-0.39, 0.29) is 17.1 Å². The third-order valence-electron chi connectivity index (χ3n) is 4.42. The van der Waals surface area contributed by atoms with Crippen molar-refractivity contribution in [3.8, 4) is 5.75 Å². The number of unbranched alkanes of at least 4 members (excludes halogenated alkanes) is 1. The minimum Gasteiger partial charge on any atom is -0.494 e. The Morgan fingerprint density at radius 2 is 1.73 bits per heavy atom. The van der Waals surface area contributed by atoms with Gasteiger partial charge in [-0.15, -0.1) is 11.8 Å². The maximum absolute atomic E-state index is 12.8. The van der Waals surface area contributed by atoms with E-state index < -0.39 is 0 Å². The van der Waals surface area contributed by atoms with E-state index in [0.29, 0.717) is 19.4 Å². The average molecular weight is 429 g/mol. The second-order valence-corrected chi connectivity index (χ2v) is 8.33. The van der Waals surface area contributed by atoms with Crippen LogP contribution >= 0.6 is 11.8 Å². The van der Waals surface area contributed by atoms with Crippen LogP contribution in [0.1, 0.15) is 52.9 Å². The van der Waals surface area contributed by atoms with Crippen molar-refractivity contribution in [2.45, 2.75) is 63.0 Å². The number of hydrogen-bond acceptors (Lipinski definition) is 4. The third-order valence-corrected chi connectivity index (χ3v) is 5.78. The summed E-state index contributed by atoms with van der Waals surface area (Å²) in [4.78, 5) is 25.5. The molecule has 2 N–H and O–H groups in total. The van der Waals surface area contributed by atoms with E-state index in [1.54, 1.807) is 0 Å². The van der Waals surface area contributed by atoms with Crippen LogP contribution < -0.4 is 15.4 Å². The number of anilines is 2. The number of amides is 2. The van der Waals surface area contributed by atoms with Crippen molar-refractivity contribution in [3.63, 3.8) is 0 Å². The van der Waals surface area contributed by atoms with Gasteiger partial charge in [-0.25, -0.2) is 0 Å². The summed E-state index contributed by atoms with van der Waals surface area (Å²) in [6, 6.07) is 15.1. The molecule has 2 aromatic rings. The highest BCUT2D eigenvalue weighted by molar-refractivity contribution is 8.00. The summed E-state index contributed by atoms with van der Waals surface area (Å²) < 4.78 is 5.66. The van der Waals surface area contributed by atoms with Crippen LogP contribution in [0.4, 0.5) is 11.4 Å². The lowest BCUT2D eigenvalue weighted by atomic mass is 10.2. The van der Waals surface area contributed by atoms with Gasteiger partial charge >= 0.3 is 0 Å². The predicted octanol–water partition coefficient (Wildman–Crippen LogP) is 6.11. The van der Waals surface area contributed by atoms with Gasteiger partial charge in [0, 0.05) is 22.7 Å². The molecule has 0 saturated heterocycles. The highest BCUT2D eigenvalue weighted by atomic mass is 32.2. The van der Waals surface area contributed by atoms with Crippen LogP contribution in [0.25, 0.3) is 0 Å². The summed E-state index contributed by atoms with van der Waals surface area (Å²) in [5.41, 5.74) is 1.51. The summed E-state index contributed by atoms with van der Waals surface area (Å²) in [5, 5.41) is 5.66. The molecule has 1 unspecified atom stereocenters. The maximum Gasteiger partial charge on any atom is 0.237 e. The van der Waals surface area contributed by atoms with Crippen LogP contribution in [0, 0.1) is 0 Å². The van der Waals surface area contributed by atoms with Gasteiger partial charge in [-0.3, -0.25) is 9.59 Å². The summed E-state index contributed by atoms with van der Waals surface area (Å²) in [6.45, 7) is 6.80. The fourth-order valence-electron chi connectivity index (χ4n) is 2.78. The van der Waals surface area contributed by atoms with Gasteiger partial charge in [-0.2, -0.15) is 0 Å². The summed E-state index contributed by atoms with van der Waals surface area (Å²) in [7, 11) is 0. The van der Waals surface area contributed by atoms with E-state index in [2.05, 4.69) is 17.6 Å². The average Bonchev–Trinajstić information content (AvgIpc) is 2.74. The van der Waals surface area contributed by atoms with Crippen molar-refractivity contribution < 1.29 is 14.3 Å². The minimum atomic E-state index is -0.230. The zero-order valence-electron chi connectivity index (χ0n) is 18.1. The molecule has 0 heterocycles. The van der Waals surface area contributed by atoms with Gasteiger partial charge < -0.3 is 15.4 Å². The molecule has 2 amide bonds. The van der Waals surface area contributed by atoms with Crippen LogP contribution in [-0.4, -0.2) is 23.7 Å². The largest absolute Gasteiger partial charge is 0.494 e. The number of ether oxygens (including phenoxy) is 1. The number of carbonyl (C=O) groups is 2. The van der Waals surface area contributed by atoms with Crippen LogP contribution in [-0.2, 0) is 9.59 Å². The Labute approximate surface area is 184 Å². The van der Waals surface area contributed by atoms with Gasteiger partial charge in [0.05, 0.1) is 11.9 Å². The molecule has 0 aromatic heterocycles. The van der Waals surface area contributed by atoms with E-state index >= 15 is 0 Å². The smallest absolute Gasteiger partial charge is 0.237 e. The molecule has 1 atom stereocenters. The van der Waals surface area contributed by atoms with Gasteiger partial charge in [-0.1, -0.05) is 33.3 Å². The molecule has 6 heteroatoms. The van der Waals surface area contributed by atoms with Gasteiger partial charge in [0.25, 0.3) is 0 Å². The van der Waals surface area contributed by atoms with Crippen molar-refractivity contribution in [2.24, 2.45) is 0 Å². The molecule has 5 nitrogen and oxygen atoms in total. The number of nitrogens with one attached hydrogen (secondary N) is 2. The Hall–Kier alpha value is -2.47. The molecule has 2 aromatic carbocycles. The number of rotatable bonds is 12. The molecule has 162 valence electrons. The number of benzene rings is 2. The summed E-state index contributed by atoms with van der Waals surface area (Å²) in [5.74, 6) is 0.777. The fourth-order valence-corrected chi connectivity index (χ4v) is 3.79. The first-order valence-electron chi connectivity index (χ1n) is 10.7. The van der Waals surface area contributed by atoms with E-state index in [0.717, 1.165) is 41.3 Å². The molecule has 0 radical (unpaired) electrons. The van der Waals surface area contributed by atoms with Crippen molar-refractivity contribution in [1.82, 2.24) is 0 Å². The van der Waals surface area contributed by atoms with Crippen LogP contribution in [0.5, 0.6) is 5.75 Å². The van der Waals surface area contributed by atoms with Crippen molar-refractivity contribution in [3.05, 3.63) is 48.5 Å². The van der Waals surface area contributed by atoms with Gasteiger partial charge in [-0.05, 0) is 61.7 Å². The topological polar surface area (TPSA) is 67.4 Å². The molecule has 30 heavy (non-hydrogen) atoms. The molecule has 0 aliphatic rings. The molecule has 0 fully saturated rings. The quantitative estimate of drug-likeness (QED) is 0.316. The van der Waals surface area contributed by atoms with Crippen molar-refractivity contribution in [2.75, 3.05) is 17.2 Å². The lowest BCUT2D eigenvalue weighted by Crippen LogP contribution is -2.24. The van der Waals surface area contributed by atoms with Crippen LogP contribution in [0.3, 0.4) is 0 Å². The fraction of sp³-hybridized carbons (Fsp3) is 0.417. The van der Waals surface area contributed by atoms with E-state index in [1.807, 2.05) is 62.4 Å². The van der Waals surface area contributed by atoms with E-state index in [1.165, 1.54) is 11.8 Å². The van der Waals surface area contributed by atoms with Crippen molar-refractivity contribution >= 4 is 35.0 Å². The summed E-state index contributed by atoms with van der Waals surface area (Å²) >= 11 is 1.50. The first-order valence-corrected chi connectivity index (χ1v) is 11.5. The standard InChI is InChI=1S/C24H32N2O3S/c1-4-7-16-29-20-14-12-18(13-15-20)26-24(28)22(6-3)30-21-11-8-10-19(17-21)25-23(27)9-5-2/h8,10-15,17,22H,4-7,9,16H2,1-3H3,(H,25,27)(H,26,28). The van der Waals surface area contributed by atoms with Crippen molar-refractivity contribution in [1.29, 1.82) is 0 Å². The molecule has 0 spiro atoms. The van der Waals surface area contributed by atoms with Gasteiger partial charge in [0.15, 0.2) is 0 Å². The zero-order valence-corrected chi connectivity index (χ0v) is 18.9. The Morgan fingerprint density at radius 3 is 2.40 bits per heavy atom.